The zero-order valence-corrected chi connectivity index (χ0v) is 17.9. The molecule has 1 aliphatic rings. The van der Waals surface area contributed by atoms with Crippen LogP contribution in [0.2, 0.25) is 0 Å². The van der Waals surface area contributed by atoms with E-state index in [1.54, 1.807) is 53.7 Å². The predicted molar refractivity (Wildman–Crippen MR) is 108 cm³/mol. The molecule has 8 heteroatoms. The van der Waals surface area contributed by atoms with E-state index in [0.717, 1.165) is 5.56 Å². The molecule has 0 radical (unpaired) electrons. The number of phenols is 1. The van der Waals surface area contributed by atoms with Crippen molar-refractivity contribution in [1.29, 1.82) is 0 Å². The summed E-state index contributed by atoms with van der Waals surface area (Å²) in [6.45, 7) is 10.7. The highest BCUT2D eigenvalue weighted by Gasteiger charge is 2.34. The molecule has 0 unspecified atom stereocenters. The van der Waals surface area contributed by atoms with E-state index in [4.69, 9.17) is 9.47 Å². The lowest BCUT2D eigenvalue weighted by atomic mass is 10.1. The van der Waals surface area contributed by atoms with Crippen LogP contribution in [0.15, 0.2) is 18.2 Å². The second kappa shape index (κ2) is 8.31. The van der Waals surface area contributed by atoms with Crippen LogP contribution in [0.1, 0.15) is 53.5 Å². The Morgan fingerprint density at radius 3 is 2.31 bits per heavy atom. The number of anilines is 1. The van der Waals surface area contributed by atoms with Crippen molar-refractivity contribution >= 4 is 23.7 Å². The number of ether oxygens (including phenoxy) is 2. The molecule has 2 amide bonds. The zero-order chi connectivity index (χ0) is 22.0. The molecular weight excluding hydrogens is 376 g/mol. The highest BCUT2D eigenvalue weighted by Crippen LogP contribution is 2.31. The fraction of sp³-hybridized carbons (Fsp3) is 0.571. The first-order valence-corrected chi connectivity index (χ1v) is 9.60. The van der Waals surface area contributed by atoms with Crippen LogP contribution in [-0.2, 0) is 25.5 Å². The quantitative estimate of drug-likeness (QED) is 0.745. The lowest BCUT2D eigenvalue weighted by Gasteiger charge is -2.27. The third-order valence-corrected chi connectivity index (χ3v) is 4.00. The van der Waals surface area contributed by atoms with Gasteiger partial charge in [0.15, 0.2) is 0 Å². The molecule has 8 nitrogen and oxygen atoms in total. The predicted octanol–water partition coefficient (Wildman–Crippen LogP) is 2.91. The fourth-order valence-corrected chi connectivity index (χ4v) is 3.00. The molecule has 0 spiro atoms. The van der Waals surface area contributed by atoms with E-state index in [1.807, 2.05) is 0 Å². The van der Waals surface area contributed by atoms with Crippen molar-refractivity contribution in [3.05, 3.63) is 23.8 Å². The van der Waals surface area contributed by atoms with Gasteiger partial charge in [0.25, 0.3) is 0 Å². The maximum atomic E-state index is 13.2. The summed E-state index contributed by atoms with van der Waals surface area (Å²) in [6, 6.07) is 3.61. The fourth-order valence-electron chi connectivity index (χ4n) is 3.00. The molecule has 1 heterocycles. The second-order valence-corrected chi connectivity index (χ2v) is 9.04. The minimum Gasteiger partial charge on any atom is -0.508 e. The minimum absolute atomic E-state index is 0.121. The average Bonchev–Trinajstić information content (AvgIpc) is 2.92. The number of hydrogen-bond donors (Lipinski definition) is 2. The molecule has 1 atom stereocenters. The van der Waals surface area contributed by atoms with Crippen molar-refractivity contribution in [2.75, 3.05) is 11.4 Å². The monoisotopic (exact) mass is 406 g/mol. The van der Waals surface area contributed by atoms with Gasteiger partial charge in [0, 0.05) is 12.2 Å². The van der Waals surface area contributed by atoms with Gasteiger partial charge in [-0.05, 0) is 71.7 Å². The van der Waals surface area contributed by atoms with Gasteiger partial charge in [-0.2, -0.15) is 0 Å². The van der Waals surface area contributed by atoms with E-state index >= 15 is 0 Å². The molecule has 0 aliphatic carbocycles. The third-order valence-electron chi connectivity index (χ3n) is 4.00. The summed E-state index contributed by atoms with van der Waals surface area (Å²) in [4.78, 5) is 39.3. The van der Waals surface area contributed by atoms with E-state index in [9.17, 15) is 19.5 Å². The number of fused-ring (bicyclic) bond motifs is 1. The summed E-state index contributed by atoms with van der Waals surface area (Å²) in [6.07, 6.45) is -0.537. The summed E-state index contributed by atoms with van der Waals surface area (Å²) < 4.78 is 10.6. The summed E-state index contributed by atoms with van der Waals surface area (Å²) in [5, 5.41) is 12.2. The van der Waals surface area contributed by atoms with E-state index in [2.05, 4.69) is 5.32 Å². The van der Waals surface area contributed by atoms with Crippen LogP contribution in [0.5, 0.6) is 5.75 Å². The number of nitrogens with zero attached hydrogens (tertiary/aromatic N) is 1. The Kier molecular flexibility index (Phi) is 6.45. The van der Waals surface area contributed by atoms with Gasteiger partial charge in [-0.3, -0.25) is 9.59 Å². The summed E-state index contributed by atoms with van der Waals surface area (Å²) in [5.74, 6) is -0.918. The number of benzene rings is 1. The molecule has 160 valence electrons. The molecule has 2 rings (SSSR count). The van der Waals surface area contributed by atoms with Crippen LogP contribution >= 0.6 is 0 Å². The molecule has 1 aromatic rings. The van der Waals surface area contributed by atoms with Crippen LogP contribution in [0.4, 0.5) is 10.5 Å². The Morgan fingerprint density at radius 2 is 1.72 bits per heavy atom. The Bertz CT molecular complexity index is 761. The van der Waals surface area contributed by atoms with Gasteiger partial charge in [0.05, 0.1) is 6.42 Å². The van der Waals surface area contributed by atoms with Gasteiger partial charge in [-0.25, -0.2) is 4.79 Å². The number of hydrogen-bond acceptors (Lipinski definition) is 6. The second-order valence-electron chi connectivity index (χ2n) is 9.04. The molecule has 1 aliphatic heterocycles. The van der Waals surface area contributed by atoms with Crippen LogP contribution in [0.3, 0.4) is 0 Å². The van der Waals surface area contributed by atoms with Crippen LogP contribution in [-0.4, -0.2) is 46.9 Å². The number of carbonyl (C=O) groups is 3. The maximum absolute atomic E-state index is 13.2. The minimum atomic E-state index is -1.14. The molecular formula is C21H30N2O6. The number of aromatic hydroxyl groups is 1. The van der Waals surface area contributed by atoms with E-state index < -0.39 is 35.2 Å². The van der Waals surface area contributed by atoms with Crippen molar-refractivity contribution in [3.8, 4) is 5.75 Å². The Hall–Kier alpha value is -2.77. The maximum Gasteiger partial charge on any atom is 0.408 e. The van der Waals surface area contributed by atoms with Gasteiger partial charge in [-0.15, -0.1) is 0 Å². The molecule has 2 N–H and O–H groups in total. The molecule has 1 aromatic carbocycles. The first-order chi connectivity index (χ1) is 13.2. The van der Waals surface area contributed by atoms with Gasteiger partial charge < -0.3 is 24.8 Å². The number of rotatable bonds is 4. The van der Waals surface area contributed by atoms with Gasteiger partial charge >= 0.3 is 12.1 Å². The summed E-state index contributed by atoms with van der Waals surface area (Å²) >= 11 is 0. The Morgan fingerprint density at radius 1 is 1.10 bits per heavy atom. The third kappa shape index (κ3) is 6.66. The number of alkyl carbamates (subject to hydrolysis) is 1. The molecule has 29 heavy (non-hydrogen) atoms. The lowest BCUT2D eigenvalue weighted by molar-refractivity contribution is -0.156. The van der Waals surface area contributed by atoms with Crippen molar-refractivity contribution in [3.63, 3.8) is 0 Å². The van der Waals surface area contributed by atoms with E-state index in [1.165, 1.54) is 11.0 Å². The van der Waals surface area contributed by atoms with E-state index in [-0.39, 0.29) is 12.2 Å². The number of amides is 2. The van der Waals surface area contributed by atoms with Crippen molar-refractivity contribution in [1.82, 2.24) is 5.32 Å². The van der Waals surface area contributed by atoms with E-state index in [0.29, 0.717) is 18.7 Å². The SMILES string of the molecule is CC(C)(C)OC(=O)C[C@@H](NC(=O)OC(C)(C)C)C(=O)N1CCc2cc(O)ccc21. The van der Waals surface area contributed by atoms with Crippen molar-refractivity contribution < 1.29 is 29.0 Å². The smallest absolute Gasteiger partial charge is 0.408 e. The topological polar surface area (TPSA) is 105 Å². The highest BCUT2D eigenvalue weighted by molar-refractivity contribution is 6.02. The standard InChI is InChI=1S/C21H30N2O6/c1-20(2,3)28-17(25)12-15(22-19(27)29-21(4,5)6)18(26)23-10-9-13-11-14(24)7-8-16(13)23/h7-8,11,15,24H,9-10,12H2,1-6H3,(H,22,27)/t15-/m1/s1. The zero-order valence-electron chi connectivity index (χ0n) is 17.9. The van der Waals surface area contributed by atoms with Crippen molar-refractivity contribution in [2.45, 2.75) is 71.6 Å². The summed E-state index contributed by atoms with van der Waals surface area (Å²) in [5.41, 5.74) is 0.00931. The van der Waals surface area contributed by atoms with Gasteiger partial charge in [0.1, 0.15) is 23.0 Å². The number of esters is 1. The van der Waals surface area contributed by atoms with Gasteiger partial charge in [0.2, 0.25) is 5.91 Å². The van der Waals surface area contributed by atoms with Crippen LogP contribution in [0.25, 0.3) is 0 Å². The largest absolute Gasteiger partial charge is 0.508 e. The molecule has 0 saturated heterocycles. The number of carbonyl (C=O) groups excluding carboxylic acids is 3. The summed E-state index contributed by atoms with van der Waals surface area (Å²) in [7, 11) is 0. The van der Waals surface area contributed by atoms with Crippen LogP contribution in [0, 0.1) is 0 Å². The number of phenolic OH excluding ortho intramolecular Hbond substituents is 1. The Balaban J connectivity index is 2.21. The first kappa shape index (κ1) is 22.5. The number of nitrogens with one attached hydrogen (secondary N) is 1. The Labute approximate surface area is 171 Å². The lowest BCUT2D eigenvalue weighted by Crippen LogP contribution is -2.50. The van der Waals surface area contributed by atoms with Crippen LogP contribution < -0.4 is 10.2 Å². The average molecular weight is 406 g/mol. The molecule has 0 saturated carbocycles. The molecule has 0 fully saturated rings. The normalized spacial score (nSPS) is 14.8. The molecule has 0 bridgehead atoms. The van der Waals surface area contributed by atoms with Gasteiger partial charge in [-0.1, -0.05) is 0 Å². The highest BCUT2D eigenvalue weighted by atomic mass is 16.6. The van der Waals surface area contributed by atoms with Crippen molar-refractivity contribution in [2.24, 2.45) is 0 Å². The molecule has 0 aromatic heterocycles. The first-order valence-electron chi connectivity index (χ1n) is 9.60.